The number of nitrogens with one attached hydrogen (secondary N) is 1. The Labute approximate surface area is 117 Å². The molecule has 1 fully saturated rings. The lowest BCUT2D eigenvalue weighted by atomic mass is 9.75. The molecule has 0 spiro atoms. The molecular formula is C13H22N2O5. The molecule has 1 rings (SSSR count). The van der Waals surface area contributed by atoms with Gasteiger partial charge in [-0.15, -0.1) is 0 Å². The molecule has 0 bridgehead atoms. The first-order valence-electron chi connectivity index (χ1n) is 6.75. The summed E-state index contributed by atoms with van der Waals surface area (Å²) in [5.74, 6) is -1.61. The summed E-state index contributed by atoms with van der Waals surface area (Å²) in [7, 11) is 0. The first-order chi connectivity index (χ1) is 9.31. The highest BCUT2D eigenvalue weighted by atomic mass is 16.5. The van der Waals surface area contributed by atoms with Gasteiger partial charge in [-0.1, -0.05) is 6.92 Å². The first-order valence-corrected chi connectivity index (χ1v) is 6.75. The largest absolute Gasteiger partial charge is 0.481 e. The molecule has 4 unspecified atom stereocenters. The number of carboxylic acid groups (broad SMARTS) is 1. The molecule has 1 amide bonds. The van der Waals surface area contributed by atoms with Gasteiger partial charge in [-0.2, -0.15) is 0 Å². The number of amides is 1. The van der Waals surface area contributed by atoms with Gasteiger partial charge in [0, 0.05) is 0 Å². The fourth-order valence-corrected chi connectivity index (χ4v) is 2.00. The van der Waals surface area contributed by atoms with Crippen molar-refractivity contribution in [2.45, 2.75) is 45.2 Å². The van der Waals surface area contributed by atoms with E-state index in [4.69, 9.17) is 15.6 Å². The maximum atomic E-state index is 11.7. The number of rotatable bonds is 7. The van der Waals surface area contributed by atoms with Gasteiger partial charge in [-0.05, 0) is 25.7 Å². The summed E-state index contributed by atoms with van der Waals surface area (Å²) in [5.41, 5.74) is 5.42. The van der Waals surface area contributed by atoms with Crippen molar-refractivity contribution >= 4 is 17.8 Å². The Balaban J connectivity index is 2.25. The maximum absolute atomic E-state index is 11.7. The van der Waals surface area contributed by atoms with E-state index in [0.717, 1.165) is 12.8 Å². The molecule has 0 radical (unpaired) electrons. The Morgan fingerprint density at radius 3 is 2.50 bits per heavy atom. The van der Waals surface area contributed by atoms with Crippen LogP contribution in [0.2, 0.25) is 0 Å². The van der Waals surface area contributed by atoms with Crippen molar-refractivity contribution in [3.8, 4) is 0 Å². The van der Waals surface area contributed by atoms with Crippen molar-refractivity contribution in [3.05, 3.63) is 0 Å². The average Bonchev–Trinajstić information content (AvgIpc) is 2.33. The van der Waals surface area contributed by atoms with E-state index in [1.807, 2.05) is 6.92 Å². The summed E-state index contributed by atoms with van der Waals surface area (Å²) >= 11 is 0. The summed E-state index contributed by atoms with van der Waals surface area (Å²) in [4.78, 5) is 33.6. The molecule has 1 saturated carbocycles. The van der Waals surface area contributed by atoms with Crippen molar-refractivity contribution in [1.82, 2.24) is 5.32 Å². The van der Waals surface area contributed by atoms with Gasteiger partial charge in [0.05, 0.1) is 24.4 Å². The highest BCUT2D eigenvalue weighted by Gasteiger charge is 2.34. The molecule has 0 aliphatic heterocycles. The summed E-state index contributed by atoms with van der Waals surface area (Å²) in [5, 5.41) is 11.1. The molecule has 1 aliphatic carbocycles. The standard InChI is InChI=1S/C13H22N2O5/c1-7-3-4-9(7)13(19)20-6-8(2)15-12(18)10(14)5-11(16)17/h7-10H,3-6,14H2,1-2H3,(H,15,18)(H,16,17). The third kappa shape index (κ3) is 4.80. The van der Waals surface area contributed by atoms with Crippen molar-refractivity contribution in [1.29, 1.82) is 0 Å². The van der Waals surface area contributed by atoms with Crippen LogP contribution in [0.25, 0.3) is 0 Å². The topological polar surface area (TPSA) is 119 Å². The zero-order valence-corrected chi connectivity index (χ0v) is 11.8. The zero-order valence-electron chi connectivity index (χ0n) is 11.8. The smallest absolute Gasteiger partial charge is 0.309 e. The summed E-state index contributed by atoms with van der Waals surface area (Å²) in [6.07, 6.45) is 1.46. The minimum absolute atomic E-state index is 0.0350. The fourth-order valence-electron chi connectivity index (χ4n) is 2.00. The summed E-state index contributed by atoms with van der Waals surface area (Å²) in [6, 6.07) is -1.50. The van der Waals surface area contributed by atoms with Crippen LogP contribution in [-0.2, 0) is 19.1 Å². The van der Waals surface area contributed by atoms with Crippen LogP contribution in [0.4, 0.5) is 0 Å². The Hall–Kier alpha value is -1.63. The van der Waals surface area contributed by atoms with Crippen LogP contribution >= 0.6 is 0 Å². The van der Waals surface area contributed by atoms with Gasteiger partial charge in [0.25, 0.3) is 0 Å². The van der Waals surface area contributed by atoms with E-state index < -0.39 is 30.4 Å². The SMILES string of the molecule is CC(COC(=O)C1CCC1C)NC(=O)C(N)CC(=O)O. The summed E-state index contributed by atoms with van der Waals surface area (Å²) < 4.78 is 5.13. The van der Waals surface area contributed by atoms with Crippen LogP contribution in [-0.4, -0.2) is 41.6 Å². The number of hydrogen-bond acceptors (Lipinski definition) is 5. The van der Waals surface area contributed by atoms with E-state index >= 15 is 0 Å². The highest BCUT2D eigenvalue weighted by Crippen LogP contribution is 2.34. The molecule has 0 aromatic rings. The lowest BCUT2D eigenvalue weighted by Crippen LogP contribution is -2.47. The Morgan fingerprint density at radius 2 is 2.05 bits per heavy atom. The minimum atomic E-state index is -1.13. The molecule has 0 aromatic heterocycles. The van der Waals surface area contributed by atoms with Gasteiger partial charge in [0.1, 0.15) is 6.61 Å². The van der Waals surface area contributed by atoms with Crippen molar-refractivity contribution in [3.63, 3.8) is 0 Å². The number of ether oxygens (including phenoxy) is 1. The van der Waals surface area contributed by atoms with Crippen LogP contribution in [0.1, 0.15) is 33.1 Å². The van der Waals surface area contributed by atoms with Crippen molar-refractivity contribution in [2.75, 3.05) is 6.61 Å². The monoisotopic (exact) mass is 286 g/mol. The number of carbonyl (C=O) groups is 3. The minimum Gasteiger partial charge on any atom is -0.481 e. The molecule has 7 heteroatoms. The van der Waals surface area contributed by atoms with E-state index in [1.165, 1.54) is 0 Å². The molecule has 0 heterocycles. The van der Waals surface area contributed by atoms with Crippen molar-refractivity contribution < 1.29 is 24.2 Å². The number of esters is 1. The second-order valence-corrected chi connectivity index (χ2v) is 5.41. The van der Waals surface area contributed by atoms with Gasteiger partial charge in [0.2, 0.25) is 5.91 Å². The Kier molecular flexibility index (Phi) is 5.94. The molecule has 0 saturated heterocycles. The zero-order chi connectivity index (χ0) is 15.3. The molecular weight excluding hydrogens is 264 g/mol. The van der Waals surface area contributed by atoms with Crippen LogP contribution < -0.4 is 11.1 Å². The second kappa shape index (κ2) is 7.23. The van der Waals surface area contributed by atoms with Gasteiger partial charge in [-0.25, -0.2) is 0 Å². The van der Waals surface area contributed by atoms with Gasteiger partial charge >= 0.3 is 11.9 Å². The van der Waals surface area contributed by atoms with E-state index in [-0.39, 0.29) is 18.5 Å². The third-order valence-electron chi connectivity index (χ3n) is 3.52. The molecule has 114 valence electrons. The van der Waals surface area contributed by atoms with E-state index in [0.29, 0.717) is 5.92 Å². The van der Waals surface area contributed by atoms with Gasteiger partial charge in [-0.3, -0.25) is 14.4 Å². The van der Waals surface area contributed by atoms with Crippen molar-refractivity contribution in [2.24, 2.45) is 17.6 Å². The summed E-state index contributed by atoms with van der Waals surface area (Å²) in [6.45, 7) is 3.74. The van der Waals surface area contributed by atoms with Crippen LogP contribution in [0.5, 0.6) is 0 Å². The lowest BCUT2D eigenvalue weighted by Gasteiger charge is -2.31. The number of carbonyl (C=O) groups excluding carboxylic acids is 2. The molecule has 20 heavy (non-hydrogen) atoms. The molecule has 0 aromatic carbocycles. The first kappa shape index (κ1) is 16.4. The number of aliphatic carboxylic acids is 1. The average molecular weight is 286 g/mol. The molecule has 4 atom stereocenters. The molecule has 7 nitrogen and oxygen atoms in total. The molecule has 4 N–H and O–H groups in total. The fraction of sp³-hybridized carbons (Fsp3) is 0.769. The quantitative estimate of drug-likeness (QED) is 0.561. The second-order valence-electron chi connectivity index (χ2n) is 5.41. The maximum Gasteiger partial charge on any atom is 0.309 e. The van der Waals surface area contributed by atoms with Gasteiger partial charge < -0.3 is 20.9 Å². The van der Waals surface area contributed by atoms with E-state index in [2.05, 4.69) is 5.32 Å². The Morgan fingerprint density at radius 1 is 1.40 bits per heavy atom. The molecule has 1 aliphatic rings. The normalized spacial score (nSPS) is 24.1. The van der Waals surface area contributed by atoms with E-state index in [1.54, 1.807) is 6.92 Å². The van der Waals surface area contributed by atoms with Crippen LogP contribution in [0.15, 0.2) is 0 Å². The predicted molar refractivity (Wildman–Crippen MR) is 70.7 cm³/mol. The number of hydrogen-bond donors (Lipinski definition) is 3. The highest BCUT2D eigenvalue weighted by molar-refractivity contribution is 5.86. The predicted octanol–water partition coefficient (Wildman–Crippen LogP) is -0.118. The van der Waals surface area contributed by atoms with Gasteiger partial charge in [0.15, 0.2) is 0 Å². The third-order valence-corrected chi connectivity index (χ3v) is 3.52. The lowest BCUT2D eigenvalue weighted by molar-refractivity contribution is -0.155. The van der Waals surface area contributed by atoms with Crippen LogP contribution in [0, 0.1) is 11.8 Å². The van der Waals surface area contributed by atoms with Crippen LogP contribution in [0.3, 0.4) is 0 Å². The number of nitrogens with two attached hydrogens (primary N) is 1. The van der Waals surface area contributed by atoms with E-state index in [9.17, 15) is 14.4 Å². The Bertz CT molecular complexity index is 385. The number of carboxylic acids is 1.